The highest BCUT2D eigenvalue weighted by molar-refractivity contribution is 6.11. The van der Waals surface area contributed by atoms with Crippen molar-refractivity contribution in [3.05, 3.63) is 77.6 Å². The Kier molecular flexibility index (Phi) is 5.98. The van der Waals surface area contributed by atoms with Gasteiger partial charge in [-0.25, -0.2) is 9.78 Å². The van der Waals surface area contributed by atoms with Gasteiger partial charge in [-0.1, -0.05) is 6.07 Å². The number of fused-ring (bicyclic) bond motifs is 3. The topological polar surface area (TPSA) is 90.6 Å². The molecule has 37 heavy (non-hydrogen) atoms. The Labute approximate surface area is 209 Å². The van der Waals surface area contributed by atoms with Crippen LogP contribution in [0.2, 0.25) is 0 Å². The molecule has 5 rings (SSSR count). The summed E-state index contributed by atoms with van der Waals surface area (Å²) in [4.78, 5) is 37.0. The average molecular weight is 509 g/mol. The summed E-state index contributed by atoms with van der Waals surface area (Å²) in [5, 5.41) is 3.46. The minimum atomic E-state index is -4.57. The smallest absolute Gasteiger partial charge is 0.416 e. The Hall–Kier alpha value is -4.54. The van der Waals surface area contributed by atoms with Crippen LogP contribution in [0.15, 0.2) is 60.9 Å². The van der Waals surface area contributed by atoms with E-state index < -0.39 is 17.6 Å². The lowest BCUT2D eigenvalue weighted by Gasteiger charge is -2.37. The van der Waals surface area contributed by atoms with Gasteiger partial charge < -0.3 is 15.0 Å². The molecule has 0 atom stereocenters. The summed E-state index contributed by atoms with van der Waals surface area (Å²) in [5.74, 6) is -0.368. The molecule has 0 saturated heterocycles. The molecule has 0 radical (unpaired) electrons. The van der Waals surface area contributed by atoms with Gasteiger partial charge in [0.1, 0.15) is 11.4 Å². The molecule has 0 fully saturated rings. The van der Waals surface area contributed by atoms with E-state index in [-0.39, 0.29) is 23.8 Å². The average Bonchev–Trinajstić information content (AvgIpc) is 3.37. The molecule has 11 heteroatoms. The molecule has 1 aliphatic rings. The predicted molar refractivity (Wildman–Crippen MR) is 133 cm³/mol. The Morgan fingerprint density at radius 3 is 2.73 bits per heavy atom. The molecular weight excluding hydrogens is 487 g/mol. The molecule has 190 valence electrons. The van der Waals surface area contributed by atoms with Crippen molar-refractivity contribution in [2.24, 2.45) is 0 Å². The van der Waals surface area contributed by atoms with Crippen LogP contribution in [0.1, 0.15) is 28.4 Å². The monoisotopic (exact) mass is 509 g/mol. The Morgan fingerprint density at radius 2 is 2.00 bits per heavy atom. The highest BCUT2D eigenvalue weighted by Crippen LogP contribution is 2.38. The molecule has 1 aliphatic heterocycles. The zero-order chi connectivity index (χ0) is 26.3. The number of hydrogen-bond donors (Lipinski definition) is 2. The maximum absolute atomic E-state index is 13.6. The van der Waals surface area contributed by atoms with E-state index in [0.717, 1.165) is 28.8 Å². The fraction of sp³-hybridized carbons (Fsp3) is 0.192. The number of anilines is 3. The maximum Gasteiger partial charge on any atom is 0.416 e. The number of nitrogens with one attached hydrogen (secondary N) is 2. The van der Waals surface area contributed by atoms with E-state index in [1.165, 1.54) is 30.2 Å². The number of pyridine rings is 1. The van der Waals surface area contributed by atoms with Crippen LogP contribution in [0.5, 0.6) is 5.75 Å². The van der Waals surface area contributed by atoms with Crippen LogP contribution < -0.4 is 19.9 Å². The van der Waals surface area contributed by atoms with Crippen molar-refractivity contribution in [2.75, 3.05) is 28.8 Å². The molecule has 2 aromatic heterocycles. The quantitative estimate of drug-likeness (QED) is 0.355. The summed E-state index contributed by atoms with van der Waals surface area (Å²) in [7, 11) is 1.44. The summed E-state index contributed by atoms with van der Waals surface area (Å²) in [6, 6.07) is 10.5. The number of benzene rings is 2. The van der Waals surface area contributed by atoms with Gasteiger partial charge in [-0.3, -0.25) is 14.6 Å². The number of methoxy groups -OCH3 is 1. The number of carbonyl (C=O) groups is 2. The number of ether oxygens (including phenoxy) is 1. The largest absolute Gasteiger partial charge is 0.497 e. The van der Waals surface area contributed by atoms with Gasteiger partial charge in [0.25, 0.3) is 5.91 Å². The van der Waals surface area contributed by atoms with Crippen molar-refractivity contribution in [1.82, 2.24) is 9.97 Å². The molecule has 2 N–H and O–H groups in total. The minimum absolute atomic E-state index is 0.152. The fourth-order valence-electron chi connectivity index (χ4n) is 4.41. The van der Waals surface area contributed by atoms with E-state index in [1.54, 1.807) is 29.4 Å². The highest BCUT2D eigenvalue weighted by atomic mass is 19.4. The number of carbonyl (C=O) groups excluding carboxylic acids is 2. The van der Waals surface area contributed by atoms with Crippen LogP contribution in [0.4, 0.5) is 35.0 Å². The molecule has 3 amide bonds. The normalized spacial score (nSPS) is 13.6. The van der Waals surface area contributed by atoms with Gasteiger partial charge in [0.15, 0.2) is 0 Å². The number of amides is 3. The van der Waals surface area contributed by atoms with E-state index in [0.29, 0.717) is 23.6 Å². The first-order chi connectivity index (χ1) is 17.7. The van der Waals surface area contributed by atoms with E-state index in [1.807, 2.05) is 13.0 Å². The Bertz CT molecular complexity index is 1520. The molecule has 4 aromatic rings. The molecule has 2 aromatic carbocycles. The third kappa shape index (κ3) is 4.44. The SMILES string of the molecule is CCN1C(=O)N(c2cc(NC(=O)c3cccc(C(F)(F)F)c3)cc(OC)c2)Cc2cnc3[nH]ccc3c21. The highest BCUT2D eigenvalue weighted by Gasteiger charge is 2.33. The van der Waals surface area contributed by atoms with Gasteiger partial charge in [0, 0.05) is 53.3 Å². The van der Waals surface area contributed by atoms with Gasteiger partial charge >= 0.3 is 12.2 Å². The summed E-state index contributed by atoms with van der Waals surface area (Å²) < 4.78 is 44.6. The van der Waals surface area contributed by atoms with Crippen LogP contribution in [-0.4, -0.2) is 35.6 Å². The number of aromatic nitrogens is 2. The summed E-state index contributed by atoms with van der Waals surface area (Å²) in [6.07, 6.45) is -1.09. The third-order valence-corrected chi connectivity index (χ3v) is 6.16. The van der Waals surface area contributed by atoms with Crippen molar-refractivity contribution in [2.45, 2.75) is 19.6 Å². The number of alkyl halides is 3. The van der Waals surface area contributed by atoms with Gasteiger partial charge in [-0.05, 0) is 37.3 Å². The second-order valence-electron chi connectivity index (χ2n) is 8.44. The Morgan fingerprint density at radius 1 is 1.19 bits per heavy atom. The summed E-state index contributed by atoms with van der Waals surface area (Å²) in [5.41, 5.74) is 1.94. The maximum atomic E-state index is 13.6. The molecule has 3 heterocycles. The molecular formula is C26H22F3N5O3. The van der Waals surface area contributed by atoms with Crippen molar-refractivity contribution >= 4 is 40.0 Å². The molecule has 0 spiro atoms. The first-order valence-corrected chi connectivity index (χ1v) is 11.4. The number of H-pyrrole nitrogens is 1. The molecule has 0 bridgehead atoms. The number of rotatable bonds is 5. The lowest BCUT2D eigenvalue weighted by molar-refractivity contribution is -0.137. The van der Waals surface area contributed by atoms with Crippen molar-refractivity contribution in [3.63, 3.8) is 0 Å². The molecule has 0 saturated carbocycles. The van der Waals surface area contributed by atoms with Crippen LogP contribution in [-0.2, 0) is 12.7 Å². The van der Waals surface area contributed by atoms with E-state index in [9.17, 15) is 22.8 Å². The van der Waals surface area contributed by atoms with Crippen LogP contribution in [0.25, 0.3) is 11.0 Å². The van der Waals surface area contributed by atoms with Crippen LogP contribution in [0.3, 0.4) is 0 Å². The zero-order valence-corrected chi connectivity index (χ0v) is 19.9. The van der Waals surface area contributed by atoms with Gasteiger partial charge in [-0.2, -0.15) is 13.2 Å². The Balaban J connectivity index is 1.49. The van der Waals surface area contributed by atoms with Gasteiger partial charge in [0.2, 0.25) is 0 Å². The minimum Gasteiger partial charge on any atom is -0.497 e. The van der Waals surface area contributed by atoms with Crippen LogP contribution in [0, 0.1) is 0 Å². The summed E-state index contributed by atoms with van der Waals surface area (Å²) >= 11 is 0. The lowest BCUT2D eigenvalue weighted by atomic mass is 10.1. The lowest BCUT2D eigenvalue weighted by Crippen LogP contribution is -2.47. The second-order valence-corrected chi connectivity index (χ2v) is 8.44. The van der Waals surface area contributed by atoms with Gasteiger partial charge in [0.05, 0.1) is 30.6 Å². The van der Waals surface area contributed by atoms with Crippen molar-refractivity contribution in [3.8, 4) is 5.75 Å². The number of hydrogen-bond acceptors (Lipinski definition) is 4. The second kappa shape index (κ2) is 9.16. The van der Waals surface area contributed by atoms with Crippen LogP contribution >= 0.6 is 0 Å². The van der Waals surface area contributed by atoms with E-state index >= 15 is 0 Å². The van der Waals surface area contributed by atoms with E-state index in [4.69, 9.17) is 4.74 Å². The number of urea groups is 1. The standard InChI is InChI=1S/C26H22F3N5O3/c1-3-33-22-16(13-31-23-21(22)7-8-30-23)14-34(25(33)36)19-10-18(11-20(12-19)37-2)32-24(35)15-5-4-6-17(9-15)26(27,28)29/h4-13H,3,14H2,1-2H3,(H,30,31)(H,32,35). The van der Waals surface area contributed by atoms with Crippen molar-refractivity contribution in [1.29, 1.82) is 0 Å². The number of halogens is 3. The first kappa shape index (κ1) is 24.2. The fourth-order valence-corrected chi connectivity index (χ4v) is 4.41. The van der Waals surface area contributed by atoms with Gasteiger partial charge in [-0.15, -0.1) is 0 Å². The van der Waals surface area contributed by atoms with E-state index in [2.05, 4.69) is 15.3 Å². The molecule has 8 nitrogen and oxygen atoms in total. The third-order valence-electron chi connectivity index (χ3n) is 6.16. The zero-order valence-electron chi connectivity index (χ0n) is 19.9. The number of nitrogens with zero attached hydrogens (tertiary/aromatic N) is 3. The molecule has 0 aliphatic carbocycles. The molecule has 0 unspecified atom stereocenters. The van der Waals surface area contributed by atoms with Crippen molar-refractivity contribution < 1.29 is 27.5 Å². The summed E-state index contributed by atoms with van der Waals surface area (Å²) in [6.45, 7) is 2.51. The first-order valence-electron chi connectivity index (χ1n) is 11.4. The number of aromatic amines is 1. The predicted octanol–water partition coefficient (Wildman–Crippen LogP) is 5.81.